The van der Waals surface area contributed by atoms with Gasteiger partial charge < -0.3 is 8.92 Å². The number of halogens is 3. The van der Waals surface area contributed by atoms with E-state index in [1.165, 1.54) is 13.3 Å². The molecule has 7 nitrogen and oxygen atoms in total. The third kappa shape index (κ3) is 10.8. The van der Waals surface area contributed by atoms with E-state index in [9.17, 15) is 26.4 Å². The van der Waals surface area contributed by atoms with Gasteiger partial charge in [-0.3, -0.25) is 9.89 Å². The molecule has 0 aliphatic carbocycles. The van der Waals surface area contributed by atoms with E-state index in [1.54, 1.807) is 30.3 Å². The molecule has 1 aliphatic heterocycles. The molecule has 186 valence electrons. The van der Waals surface area contributed by atoms with Gasteiger partial charge in [0.05, 0.1) is 6.54 Å². The van der Waals surface area contributed by atoms with Crippen molar-refractivity contribution in [2.75, 3.05) is 13.1 Å². The Hall–Kier alpha value is -2.30. The van der Waals surface area contributed by atoms with Gasteiger partial charge in [0.25, 0.3) is 0 Å². The van der Waals surface area contributed by atoms with Gasteiger partial charge in [-0.25, -0.2) is 4.79 Å². The molecule has 0 saturated heterocycles. The van der Waals surface area contributed by atoms with E-state index < -0.39 is 33.7 Å². The highest BCUT2D eigenvalue weighted by molar-refractivity contribution is 7.88. The maximum absolute atomic E-state index is 12.4. The van der Waals surface area contributed by atoms with Crippen LogP contribution in [0.1, 0.15) is 60.5 Å². The fourth-order valence-electron chi connectivity index (χ4n) is 2.03. The van der Waals surface area contributed by atoms with E-state index in [0.717, 1.165) is 10.5 Å². The Morgan fingerprint density at radius 2 is 1.62 bits per heavy atom. The number of rotatable bonds is 3. The second-order valence-corrected chi connectivity index (χ2v) is 7.36. The molecule has 2 rings (SSSR count). The minimum absolute atomic E-state index is 0.0307. The van der Waals surface area contributed by atoms with Crippen molar-refractivity contribution in [2.45, 2.75) is 73.0 Å². The van der Waals surface area contributed by atoms with E-state index in [2.05, 4.69) is 23.0 Å². The third-order valence-corrected chi connectivity index (χ3v) is 4.31. The molecule has 0 spiro atoms. The van der Waals surface area contributed by atoms with E-state index >= 15 is 0 Å². The molecule has 1 aromatic rings. The molecule has 0 bridgehead atoms. The van der Waals surface area contributed by atoms with Gasteiger partial charge in [0.1, 0.15) is 12.6 Å². The van der Waals surface area contributed by atoms with Gasteiger partial charge in [-0.2, -0.15) is 21.6 Å². The lowest BCUT2D eigenvalue weighted by Crippen LogP contribution is -2.49. The summed E-state index contributed by atoms with van der Waals surface area (Å²) < 4.78 is 68.5. The van der Waals surface area contributed by atoms with Crippen LogP contribution in [0.4, 0.5) is 18.0 Å². The first kappa shape index (κ1) is 31.9. The third-order valence-electron chi connectivity index (χ3n) is 3.35. The van der Waals surface area contributed by atoms with Crippen molar-refractivity contribution >= 4 is 22.1 Å². The molecule has 0 unspecified atom stereocenters. The monoisotopic (exact) mass is 484 g/mol. The standard InChI is InChI=1S/C14H15F3N2O5S.C3H8.2C2H6/c1-10-12(24-25(21,22)14(15,16)17)18-7-8-19(10)13(20)23-9-11-5-3-2-4-6-11;1-3-2;2*1-2/h2-6,10H,7-9H2,1H3;3H2,1-2H3;2*1-2H3/t10-;;;/m1.../s1. The van der Waals surface area contributed by atoms with E-state index in [0.29, 0.717) is 0 Å². The first-order chi connectivity index (χ1) is 15.0. The maximum atomic E-state index is 12.4. The highest BCUT2D eigenvalue weighted by Gasteiger charge is 2.50. The molecule has 0 radical (unpaired) electrons. The Labute approximate surface area is 189 Å². The summed E-state index contributed by atoms with van der Waals surface area (Å²) in [6.07, 6.45) is 0.441. The summed E-state index contributed by atoms with van der Waals surface area (Å²) in [7, 11) is -5.84. The van der Waals surface area contributed by atoms with Gasteiger partial charge in [0, 0.05) is 6.54 Å². The number of hydrogen-bond acceptors (Lipinski definition) is 6. The highest BCUT2D eigenvalue weighted by atomic mass is 32.2. The lowest BCUT2D eigenvalue weighted by Gasteiger charge is -2.31. The van der Waals surface area contributed by atoms with Crippen LogP contribution in [-0.4, -0.2) is 49.9 Å². The number of carbonyl (C=O) groups excluding carboxylic acids is 1. The number of amides is 1. The number of hydrogen-bond donors (Lipinski definition) is 0. The zero-order valence-electron chi connectivity index (χ0n) is 19.8. The van der Waals surface area contributed by atoms with E-state index in [1.807, 2.05) is 27.7 Å². The molecule has 1 heterocycles. The maximum Gasteiger partial charge on any atom is 0.534 e. The van der Waals surface area contributed by atoms with Crippen LogP contribution in [0.2, 0.25) is 0 Å². The second-order valence-electron chi connectivity index (χ2n) is 5.82. The van der Waals surface area contributed by atoms with Crippen LogP contribution in [0, 0.1) is 0 Å². The van der Waals surface area contributed by atoms with Gasteiger partial charge in [-0.05, 0) is 12.5 Å². The average Bonchev–Trinajstić information content (AvgIpc) is 2.77. The lowest BCUT2D eigenvalue weighted by molar-refractivity contribution is -0.0507. The lowest BCUT2D eigenvalue weighted by atomic mass is 10.2. The van der Waals surface area contributed by atoms with Crippen molar-refractivity contribution in [3.63, 3.8) is 0 Å². The molecule has 1 aromatic carbocycles. The zero-order valence-corrected chi connectivity index (χ0v) is 20.6. The number of benzene rings is 1. The predicted molar refractivity (Wildman–Crippen MR) is 120 cm³/mol. The summed E-state index contributed by atoms with van der Waals surface area (Å²) in [5.41, 5.74) is -4.85. The Bertz CT molecular complexity index is 769. The molecular weight excluding hydrogens is 449 g/mol. The Kier molecular flexibility index (Phi) is 16.3. The van der Waals surface area contributed by atoms with Gasteiger partial charge in [0.15, 0.2) is 0 Å². The predicted octanol–water partition coefficient (Wildman–Crippen LogP) is 5.76. The second kappa shape index (κ2) is 16.3. The number of alkyl halides is 3. The molecule has 0 saturated carbocycles. The molecule has 1 atom stereocenters. The summed E-state index contributed by atoms with van der Waals surface area (Å²) >= 11 is 0. The average molecular weight is 485 g/mol. The van der Waals surface area contributed by atoms with Crippen LogP contribution in [-0.2, 0) is 25.6 Å². The fraction of sp³-hybridized carbons (Fsp3) is 0.619. The van der Waals surface area contributed by atoms with Crippen LogP contribution < -0.4 is 0 Å². The molecular formula is C21H35F3N2O5S. The topological polar surface area (TPSA) is 85.3 Å². The van der Waals surface area contributed by atoms with Crippen molar-refractivity contribution in [3.05, 3.63) is 35.9 Å². The Morgan fingerprint density at radius 3 is 2.09 bits per heavy atom. The quantitative estimate of drug-likeness (QED) is 0.402. The van der Waals surface area contributed by atoms with Gasteiger partial charge >= 0.3 is 21.7 Å². The van der Waals surface area contributed by atoms with Gasteiger partial charge in [-0.1, -0.05) is 78.3 Å². The van der Waals surface area contributed by atoms with E-state index in [4.69, 9.17) is 4.74 Å². The fourth-order valence-corrected chi connectivity index (χ4v) is 2.55. The minimum atomic E-state index is -5.84. The SMILES string of the molecule is CC.CC.CCC.C[C@@H]1C(OS(=O)(=O)C(F)(F)F)=NCCN1C(=O)OCc1ccccc1. The van der Waals surface area contributed by atoms with Crippen LogP contribution >= 0.6 is 0 Å². The summed E-state index contributed by atoms with van der Waals surface area (Å²) in [5, 5.41) is 0. The van der Waals surface area contributed by atoms with Gasteiger partial charge in [0.2, 0.25) is 5.90 Å². The van der Waals surface area contributed by atoms with Crippen molar-refractivity contribution in [1.29, 1.82) is 0 Å². The summed E-state index contributed by atoms with van der Waals surface area (Å²) in [5.74, 6) is -0.708. The van der Waals surface area contributed by atoms with Crippen molar-refractivity contribution in [1.82, 2.24) is 4.90 Å². The van der Waals surface area contributed by atoms with Crippen molar-refractivity contribution in [2.24, 2.45) is 4.99 Å². The van der Waals surface area contributed by atoms with Crippen molar-refractivity contribution < 1.29 is 35.3 Å². The number of nitrogens with zero attached hydrogens (tertiary/aromatic N) is 2. The number of ether oxygens (including phenoxy) is 1. The first-order valence-electron chi connectivity index (χ1n) is 10.6. The zero-order chi connectivity index (χ0) is 25.4. The largest absolute Gasteiger partial charge is 0.534 e. The molecule has 11 heteroatoms. The Morgan fingerprint density at radius 1 is 1.12 bits per heavy atom. The highest BCUT2D eigenvalue weighted by Crippen LogP contribution is 2.26. The van der Waals surface area contributed by atoms with Crippen LogP contribution in [0.5, 0.6) is 0 Å². The van der Waals surface area contributed by atoms with Crippen LogP contribution in [0.25, 0.3) is 0 Å². The van der Waals surface area contributed by atoms with Crippen LogP contribution in [0.15, 0.2) is 35.3 Å². The first-order valence-corrected chi connectivity index (χ1v) is 12.0. The summed E-state index contributed by atoms with van der Waals surface area (Å²) in [6.45, 7) is 13.5. The summed E-state index contributed by atoms with van der Waals surface area (Å²) in [6, 6.07) is 7.66. The molecule has 1 amide bonds. The smallest absolute Gasteiger partial charge is 0.445 e. The minimum Gasteiger partial charge on any atom is -0.445 e. The normalized spacial score (nSPS) is 15.4. The molecule has 1 aliphatic rings. The summed E-state index contributed by atoms with van der Waals surface area (Å²) in [4.78, 5) is 16.8. The van der Waals surface area contributed by atoms with Crippen molar-refractivity contribution in [3.8, 4) is 0 Å². The molecule has 0 N–H and O–H groups in total. The van der Waals surface area contributed by atoms with E-state index in [-0.39, 0.29) is 19.7 Å². The van der Waals surface area contributed by atoms with Gasteiger partial charge in [-0.15, -0.1) is 0 Å². The van der Waals surface area contributed by atoms with Crippen LogP contribution in [0.3, 0.4) is 0 Å². The number of aliphatic imine (C=N–C) groups is 1. The molecule has 32 heavy (non-hydrogen) atoms. The number of carbonyl (C=O) groups is 1. The Balaban J connectivity index is 0. The molecule has 0 aromatic heterocycles. The molecule has 0 fully saturated rings.